The van der Waals surface area contributed by atoms with Gasteiger partial charge in [0.15, 0.2) is 6.61 Å². The molecule has 0 fully saturated rings. The van der Waals surface area contributed by atoms with E-state index in [0.717, 1.165) is 42.8 Å². The van der Waals surface area contributed by atoms with Crippen LogP contribution in [0.1, 0.15) is 36.6 Å². The molecule has 0 aliphatic heterocycles. The number of ether oxygens (including phenoxy) is 1. The number of nitrogens with zero attached hydrogens (tertiary/aromatic N) is 1. The minimum absolute atomic E-state index is 0.0198. The van der Waals surface area contributed by atoms with Gasteiger partial charge < -0.3 is 10.1 Å². The SMILES string of the molecule is CCc1ccc(NC(=O)COc2ccnc3c2CCCC3)cc1. The lowest BCUT2D eigenvalue weighted by atomic mass is 9.95. The highest BCUT2D eigenvalue weighted by atomic mass is 16.5. The topological polar surface area (TPSA) is 51.2 Å². The number of hydrogen-bond donors (Lipinski definition) is 1. The number of hydrogen-bond acceptors (Lipinski definition) is 3. The number of carbonyl (C=O) groups is 1. The molecule has 1 heterocycles. The molecule has 1 aliphatic carbocycles. The first-order valence-electron chi connectivity index (χ1n) is 8.24. The van der Waals surface area contributed by atoms with Gasteiger partial charge in [-0.1, -0.05) is 19.1 Å². The predicted octanol–water partition coefficient (Wildman–Crippen LogP) is 3.54. The van der Waals surface area contributed by atoms with Gasteiger partial charge >= 0.3 is 0 Å². The summed E-state index contributed by atoms with van der Waals surface area (Å²) in [6.45, 7) is 2.13. The van der Waals surface area contributed by atoms with E-state index >= 15 is 0 Å². The van der Waals surface area contributed by atoms with Crippen molar-refractivity contribution in [3.05, 3.63) is 53.3 Å². The average Bonchev–Trinajstić information content (AvgIpc) is 2.60. The molecule has 1 aromatic carbocycles. The van der Waals surface area contributed by atoms with Gasteiger partial charge in [0.2, 0.25) is 0 Å². The Bertz CT molecular complexity index is 680. The fourth-order valence-electron chi connectivity index (χ4n) is 2.89. The maximum Gasteiger partial charge on any atom is 0.262 e. The second-order valence-corrected chi connectivity index (χ2v) is 5.83. The normalized spacial score (nSPS) is 13.3. The van der Waals surface area contributed by atoms with Crippen molar-refractivity contribution in [3.8, 4) is 5.75 Å². The maximum atomic E-state index is 12.1. The zero-order chi connectivity index (χ0) is 16.1. The number of anilines is 1. The first-order valence-corrected chi connectivity index (χ1v) is 8.24. The standard InChI is InChI=1S/C19H22N2O2/c1-2-14-7-9-15(10-8-14)21-19(22)13-23-18-11-12-20-17-6-4-3-5-16(17)18/h7-12H,2-6,13H2,1H3,(H,21,22). The zero-order valence-electron chi connectivity index (χ0n) is 13.5. The summed E-state index contributed by atoms with van der Waals surface area (Å²) in [5.41, 5.74) is 4.33. The van der Waals surface area contributed by atoms with Crippen LogP contribution in [0.3, 0.4) is 0 Å². The summed E-state index contributed by atoms with van der Waals surface area (Å²) in [6, 6.07) is 9.75. The van der Waals surface area contributed by atoms with Crippen molar-refractivity contribution < 1.29 is 9.53 Å². The first kappa shape index (κ1) is 15.5. The Balaban J connectivity index is 1.58. The molecule has 3 rings (SSSR count). The fraction of sp³-hybridized carbons (Fsp3) is 0.368. The van der Waals surface area contributed by atoms with E-state index in [0.29, 0.717) is 0 Å². The van der Waals surface area contributed by atoms with Crippen LogP contribution in [0.2, 0.25) is 0 Å². The van der Waals surface area contributed by atoms with Gasteiger partial charge in [0.05, 0.1) is 0 Å². The van der Waals surface area contributed by atoms with E-state index in [1.54, 1.807) is 6.20 Å². The van der Waals surface area contributed by atoms with Crippen LogP contribution in [0, 0.1) is 0 Å². The van der Waals surface area contributed by atoms with Crippen LogP contribution < -0.4 is 10.1 Å². The van der Waals surface area contributed by atoms with E-state index < -0.39 is 0 Å². The zero-order valence-corrected chi connectivity index (χ0v) is 13.5. The molecule has 1 aromatic heterocycles. The number of fused-ring (bicyclic) bond motifs is 1. The molecule has 0 spiro atoms. The van der Waals surface area contributed by atoms with E-state index in [1.807, 2.05) is 30.3 Å². The highest BCUT2D eigenvalue weighted by molar-refractivity contribution is 5.91. The van der Waals surface area contributed by atoms with Crippen molar-refractivity contribution in [2.45, 2.75) is 39.0 Å². The molecule has 4 nitrogen and oxygen atoms in total. The molecule has 1 amide bonds. The van der Waals surface area contributed by atoms with Crippen LogP contribution in [0.25, 0.3) is 0 Å². The van der Waals surface area contributed by atoms with Gasteiger partial charge in [-0.15, -0.1) is 0 Å². The number of aromatic nitrogens is 1. The molecular weight excluding hydrogens is 288 g/mol. The van der Waals surface area contributed by atoms with Gasteiger partial charge in [0.25, 0.3) is 5.91 Å². The Labute approximate surface area is 136 Å². The Kier molecular flexibility index (Phi) is 4.91. The average molecular weight is 310 g/mol. The van der Waals surface area contributed by atoms with Crippen molar-refractivity contribution in [3.63, 3.8) is 0 Å². The molecule has 0 bridgehead atoms. The minimum atomic E-state index is -0.143. The second-order valence-electron chi connectivity index (χ2n) is 5.83. The molecule has 0 saturated carbocycles. The van der Waals surface area contributed by atoms with Gasteiger partial charge in [0, 0.05) is 23.1 Å². The Morgan fingerprint density at radius 2 is 1.96 bits per heavy atom. The molecule has 0 atom stereocenters. The van der Waals surface area contributed by atoms with Crippen molar-refractivity contribution in [2.75, 3.05) is 11.9 Å². The highest BCUT2D eigenvalue weighted by Gasteiger charge is 2.15. The number of rotatable bonds is 5. The lowest BCUT2D eigenvalue weighted by Crippen LogP contribution is -2.21. The summed E-state index contributed by atoms with van der Waals surface area (Å²) in [4.78, 5) is 16.5. The monoisotopic (exact) mass is 310 g/mol. The van der Waals surface area contributed by atoms with Crippen LogP contribution in [0.4, 0.5) is 5.69 Å². The van der Waals surface area contributed by atoms with Crippen LogP contribution in [0.15, 0.2) is 36.5 Å². The summed E-state index contributed by atoms with van der Waals surface area (Å²) in [6.07, 6.45) is 7.08. The summed E-state index contributed by atoms with van der Waals surface area (Å²) in [7, 11) is 0. The largest absolute Gasteiger partial charge is 0.483 e. The van der Waals surface area contributed by atoms with Crippen LogP contribution in [0.5, 0.6) is 5.75 Å². The third kappa shape index (κ3) is 3.89. The summed E-state index contributed by atoms with van der Waals surface area (Å²) in [5.74, 6) is 0.654. The van der Waals surface area contributed by atoms with E-state index in [4.69, 9.17) is 4.74 Å². The Morgan fingerprint density at radius 3 is 2.74 bits per heavy atom. The van der Waals surface area contributed by atoms with Gasteiger partial charge in [-0.2, -0.15) is 0 Å². The van der Waals surface area contributed by atoms with Crippen molar-refractivity contribution in [1.82, 2.24) is 4.98 Å². The molecule has 23 heavy (non-hydrogen) atoms. The van der Waals surface area contributed by atoms with Crippen LogP contribution in [-0.4, -0.2) is 17.5 Å². The molecule has 0 saturated heterocycles. The fourth-order valence-corrected chi connectivity index (χ4v) is 2.89. The number of pyridine rings is 1. The van der Waals surface area contributed by atoms with Crippen molar-refractivity contribution >= 4 is 11.6 Å². The lowest BCUT2D eigenvalue weighted by Gasteiger charge is -2.18. The van der Waals surface area contributed by atoms with Crippen molar-refractivity contribution in [2.24, 2.45) is 0 Å². The van der Waals surface area contributed by atoms with Gasteiger partial charge in [-0.05, 0) is 55.9 Å². The summed E-state index contributed by atoms with van der Waals surface area (Å²) < 4.78 is 5.73. The molecular formula is C19H22N2O2. The lowest BCUT2D eigenvalue weighted by molar-refractivity contribution is -0.118. The highest BCUT2D eigenvalue weighted by Crippen LogP contribution is 2.27. The number of nitrogens with one attached hydrogen (secondary N) is 1. The molecule has 0 unspecified atom stereocenters. The van der Waals surface area contributed by atoms with E-state index in [1.165, 1.54) is 17.5 Å². The Morgan fingerprint density at radius 1 is 1.17 bits per heavy atom. The minimum Gasteiger partial charge on any atom is -0.483 e. The van der Waals surface area contributed by atoms with E-state index in [2.05, 4.69) is 17.2 Å². The molecule has 1 aliphatic rings. The quantitative estimate of drug-likeness (QED) is 0.919. The predicted molar refractivity (Wildman–Crippen MR) is 90.8 cm³/mol. The summed E-state index contributed by atoms with van der Waals surface area (Å²) in [5, 5.41) is 2.86. The van der Waals surface area contributed by atoms with E-state index in [9.17, 15) is 4.79 Å². The van der Waals surface area contributed by atoms with Crippen molar-refractivity contribution in [1.29, 1.82) is 0 Å². The van der Waals surface area contributed by atoms with Crippen LogP contribution >= 0.6 is 0 Å². The summed E-state index contributed by atoms with van der Waals surface area (Å²) >= 11 is 0. The maximum absolute atomic E-state index is 12.1. The number of carbonyl (C=O) groups excluding carboxylic acids is 1. The molecule has 120 valence electrons. The molecule has 0 radical (unpaired) electrons. The first-order chi connectivity index (χ1) is 11.3. The Hall–Kier alpha value is -2.36. The van der Waals surface area contributed by atoms with Gasteiger partial charge in [0.1, 0.15) is 5.75 Å². The van der Waals surface area contributed by atoms with Gasteiger partial charge in [-0.25, -0.2) is 0 Å². The number of aryl methyl sites for hydroxylation is 2. The number of amides is 1. The second kappa shape index (κ2) is 7.27. The number of benzene rings is 1. The third-order valence-electron chi connectivity index (χ3n) is 4.20. The van der Waals surface area contributed by atoms with Gasteiger partial charge in [-0.3, -0.25) is 9.78 Å². The smallest absolute Gasteiger partial charge is 0.262 e. The molecule has 1 N–H and O–H groups in total. The van der Waals surface area contributed by atoms with Crippen LogP contribution in [-0.2, 0) is 24.1 Å². The van der Waals surface area contributed by atoms with E-state index in [-0.39, 0.29) is 12.5 Å². The third-order valence-corrected chi connectivity index (χ3v) is 4.20. The molecule has 4 heteroatoms. The molecule has 2 aromatic rings.